The normalized spacial score (nSPS) is 18.5. The van der Waals surface area contributed by atoms with Crippen LogP contribution in [-0.4, -0.2) is 5.78 Å². The van der Waals surface area contributed by atoms with Gasteiger partial charge in [0.15, 0.2) is 11.9 Å². The number of benzene rings is 2. The van der Waals surface area contributed by atoms with Crippen LogP contribution in [0, 0.1) is 0 Å². The first-order valence-corrected chi connectivity index (χ1v) is 8.36. The quantitative estimate of drug-likeness (QED) is 0.611. The van der Waals surface area contributed by atoms with Gasteiger partial charge in [-0.25, -0.2) is 0 Å². The zero-order valence-corrected chi connectivity index (χ0v) is 13.1. The topological polar surface area (TPSA) is 26.3 Å². The largest absolute Gasteiger partial charge is 0.480 e. The van der Waals surface area contributed by atoms with E-state index in [1.807, 2.05) is 77.5 Å². The Balaban J connectivity index is 1.87. The molecule has 0 amide bonds. The Morgan fingerprint density at radius 1 is 0.957 bits per heavy atom. The van der Waals surface area contributed by atoms with Crippen molar-refractivity contribution in [3.05, 3.63) is 93.7 Å². The van der Waals surface area contributed by atoms with Gasteiger partial charge in [-0.1, -0.05) is 42.5 Å². The van der Waals surface area contributed by atoms with Crippen molar-refractivity contribution in [2.75, 3.05) is 0 Å². The van der Waals surface area contributed by atoms with E-state index in [1.165, 1.54) is 0 Å². The first-order chi connectivity index (χ1) is 11.3. The van der Waals surface area contributed by atoms with Crippen molar-refractivity contribution in [3.63, 3.8) is 0 Å². The highest BCUT2D eigenvalue weighted by Gasteiger charge is 2.32. The van der Waals surface area contributed by atoms with E-state index in [9.17, 15) is 4.79 Å². The van der Waals surface area contributed by atoms with Crippen LogP contribution in [0.15, 0.2) is 77.0 Å². The van der Waals surface area contributed by atoms with Gasteiger partial charge < -0.3 is 4.74 Å². The molecule has 4 rings (SSSR count). The van der Waals surface area contributed by atoms with Gasteiger partial charge in [0.1, 0.15) is 5.75 Å². The Bertz CT molecular complexity index is 864. The number of hydrogen-bond acceptors (Lipinski definition) is 3. The van der Waals surface area contributed by atoms with Gasteiger partial charge in [0.25, 0.3) is 0 Å². The van der Waals surface area contributed by atoms with Crippen LogP contribution in [0.1, 0.15) is 27.6 Å². The van der Waals surface area contributed by atoms with E-state index in [4.69, 9.17) is 4.74 Å². The number of rotatable bonds is 2. The fraction of sp³-hybridized carbons (Fsp3) is 0.0500. The van der Waals surface area contributed by atoms with E-state index in [-0.39, 0.29) is 11.9 Å². The molecule has 2 heterocycles. The minimum absolute atomic E-state index is 0.0342. The van der Waals surface area contributed by atoms with Crippen molar-refractivity contribution in [2.45, 2.75) is 6.10 Å². The van der Waals surface area contributed by atoms with Crippen LogP contribution in [0.2, 0.25) is 0 Å². The number of ether oxygens (including phenoxy) is 1. The summed E-state index contributed by atoms with van der Waals surface area (Å²) in [5.41, 5.74) is 3.31. The summed E-state index contributed by atoms with van der Waals surface area (Å²) < 4.78 is 6.16. The molecule has 23 heavy (non-hydrogen) atoms. The first-order valence-electron chi connectivity index (χ1n) is 7.42. The molecule has 1 aromatic heterocycles. The maximum Gasteiger partial charge on any atom is 0.196 e. The summed E-state index contributed by atoms with van der Waals surface area (Å²) >= 11 is 1.62. The van der Waals surface area contributed by atoms with Crippen molar-refractivity contribution in [1.82, 2.24) is 0 Å². The Morgan fingerprint density at radius 3 is 2.52 bits per heavy atom. The molecule has 0 fully saturated rings. The molecule has 0 aliphatic carbocycles. The summed E-state index contributed by atoms with van der Waals surface area (Å²) in [6, 6.07) is 19.3. The van der Waals surface area contributed by atoms with E-state index in [1.54, 1.807) is 11.3 Å². The van der Waals surface area contributed by atoms with Gasteiger partial charge in [-0.15, -0.1) is 0 Å². The maximum atomic E-state index is 13.0. The summed E-state index contributed by atoms with van der Waals surface area (Å²) in [5, 5.41) is 4.04. The molecule has 2 nitrogen and oxygen atoms in total. The number of hydrogen-bond donors (Lipinski definition) is 0. The van der Waals surface area contributed by atoms with Gasteiger partial charge in [0.05, 0.1) is 5.56 Å². The second kappa shape index (κ2) is 5.86. The Labute approximate surface area is 138 Å². The number of carbonyl (C=O) groups excluding carboxylic acids is 1. The van der Waals surface area contributed by atoms with Crippen LogP contribution in [0.5, 0.6) is 5.75 Å². The predicted molar refractivity (Wildman–Crippen MR) is 92.9 cm³/mol. The van der Waals surface area contributed by atoms with E-state index >= 15 is 0 Å². The molecule has 3 heteroatoms. The zero-order valence-electron chi connectivity index (χ0n) is 12.3. The Morgan fingerprint density at radius 2 is 1.74 bits per heavy atom. The van der Waals surface area contributed by atoms with Crippen LogP contribution in [0.4, 0.5) is 0 Å². The van der Waals surface area contributed by atoms with Crippen LogP contribution in [0.25, 0.3) is 6.08 Å². The van der Waals surface area contributed by atoms with E-state index in [0.717, 1.165) is 11.1 Å². The molecule has 3 aromatic rings. The van der Waals surface area contributed by atoms with Crippen molar-refractivity contribution in [3.8, 4) is 5.75 Å². The smallest absolute Gasteiger partial charge is 0.196 e. The summed E-state index contributed by atoms with van der Waals surface area (Å²) in [7, 11) is 0. The molecular weight excluding hydrogens is 304 g/mol. The zero-order chi connectivity index (χ0) is 15.6. The standard InChI is InChI=1S/C20H14O2S/c21-19-16-8-4-5-9-18(16)22-20(15-6-2-1-3-7-15)17(19)12-14-10-11-23-13-14/h1-13,20H/b17-12+. The molecule has 1 atom stereocenters. The summed E-state index contributed by atoms with van der Waals surface area (Å²) in [6.45, 7) is 0. The summed E-state index contributed by atoms with van der Waals surface area (Å²) in [6.07, 6.45) is 1.56. The SMILES string of the molecule is O=C1/C(=C\c2ccsc2)C(c2ccccc2)Oc2ccccc21. The van der Waals surface area contributed by atoms with E-state index < -0.39 is 0 Å². The molecule has 0 radical (unpaired) electrons. The Kier molecular flexibility index (Phi) is 3.56. The predicted octanol–water partition coefficient (Wildman–Crippen LogP) is 5.15. The molecule has 0 spiro atoms. The lowest BCUT2D eigenvalue weighted by molar-refractivity contribution is 0.0963. The van der Waals surface area contributed by atoms with E-state index in [0.29, 0.717) is 16.9 Å². The monoisotopic (exact) mass is 318 g/mol. The first kappa shape index (κ1) is 14.0. The average Bonchev–Trinajstić information content (AvgIpc) is 3.11. The third-order valence-electron chi connectivity index (χ3n) is 3.89. The lowest BCUT2D eigenvalue weighted by Crippen LogP contribution is -2.23. The highest BCUT2D eigenvalue weighted by atomic mass is 32.1. The molecular formula is C20H14O2S. The molecule has 2 aromatic carbocycles. The summed E-state index contributed by atoms with van der Waals surface area (Å²) in [4.78, 5) is 13.0. The van der Waals surface area contributed by atoms with Gasteiger partial charge in [0.2, 0.25) is 0 Å². The molecule has 1 unspecified atom stereocenters. The molecule has 0 bridgehead atoms. The van der Waals surface area contributed by atoms with Crippen LogP contribution in [0.3, 0.4) is 0 Å². The van der Waals surface area contributed by atoms with Crippen LogP contribution < -0.4 is 4.74 Å². The van der Waals surface area contributed by atoms with Gasteiger partial charge in [-0.05, 0) is 46.2 Å². The van der Waals surface area contributed by atoms with E-state index in [2.05, 4.69) is 0 Å². The lowest BCUT2D eigenvalue weighted by atomic mass is 9.90. The number of thiophene rings is 1. The third-order valence-corrected chi connectivity index (χ3v) is 4.59. The summed E-state index contributed by atoms with van der Waals surface area (Å²) in [5.74, 6) is 0.681. The number of fused-ring (bicyclic) bond motifs is 1. The maximum absolute atomic E-state index is 13.0. The van der Waals surface area contributed by atoms with Gasteiger partial charge in [0, 0.05) is 5.57 Å². The molecule has 0 saturated carbocycles. The second-order valence-electron chi connectivity index (χ2n) is 5.39. The van der Waals surface area contributed by atoms with Crippen molar-refractivity contribution in [1.29, 1.82) is 0 Å². The lowest BCUT2D eigenvalue weighted by Gasteiger charge is -2.28. The van der Waals surface area contributed by atoms with Crippen molar-refractivity contribution in [2.24, 2.45) is 0 Å². The van der Waals surface area contributed by atoms with Gasteiger partial charge in [-0.2, -0.15) is 11.3 Å². The average molecular weight is 318 g/mol. The Hall–Kier alpha value is -2.65. The number of Topliss-reactive ketones (excluding diaryl/α,β-unsaturated/α-hetero) is 1. The second-order valence-corrected chi connectivity index (χ2v) is 6.17. The number of ketones is 1. The van der Waals surface area contributed by atoms with Crippen molar-refractivity contribution >= 4 is 23.2 Å². The van der Waals surface area contributed by atoms with Crippen LogP contribution >= 0.6 is 11.3 Å². The number of carbonyl (C=O) groups is 1. The van der Waals surface area contributed by atoms with Gasteiger partial charge >= 0.3 is 0 Å². The number of para-hydroxylation sites is 1. The highest BCUT2D eigenvalue weighted by molar-refractivity contribution is 7.08. The fourth-order valence-electron chi connectivity index (χ4n) is 2.78. The van der Waals surface area contributed by atoms with Crippen LogP contribution in [-0.2, 0) is 0 Å². The highest BCUT2D eigenvalue weighted by Crippen LogP contribution is 2.39. The molecule has 0 N–H and O–H groups in total. The molecule has 112 valence electrons. The molecule has 1 aliphatic heterocycles. The fourth-order valence-corrected chi connectivity index (χ4v) is 3.39. The molecule has 1 aliphatic rings. The third kappa shape index (κ3) is 2.60. The minimum Gasteiger partial charge on any atom is -0.480 e. The van der Waals surface area contributed by atoms with Crippen molar-refractivity contribution < 1.29 is 9.53 Å². The van der Waals surface area contributed by atoms with Gasteiger partial charge in [-0.3, -0.25) is 4.79 Å². The minimum atomic E-state index is -0.376. The molecule has 0 saturated heterocycles.